The smallest absolute Gasteiger partial charge is 0.122 e. The maximum Gasteiger partial charge on any atom is 0.122 e. The Morgan fingerprint density at radius 3 is 2.67 bits per heavy atom. The summed E-state index contributed by atoms with van der Waals surface area (Å²) in [5, 5.41) is 3.28. The summed E-state index contributed by atoms with van der Waals surface area (Å²) >= 11 is 0. The molecule has 0 saturated carbocycles. The number of hydrogen-bond donors (Lipinski definition) is 1. The molecule has 0 bridgehead atoms. The summed E-state index contributed by atoms with van der Waals surface area (Å²) in [6.45, 7) is 8.23. The number of rotatable bonds is 6. The van der Waals surface area contributed by atoms with E-state index < -0.39 is 0 Å². The van der Waals surface area contributed by atoms with Crippen LogP contribution in [0.3, 0.4) is 0 Å². The van der Waals surface area contributed by atoms with Crippen molar-refractivity contribution in [2.24, 2.45) is 0 Å². The molecule has 2 heteroatoms. The Balaban J connectivity index is 2.55. The number of ether oxygens (including phenoxy) is 1. The third-order valence-corrected chi connectivity index (χ3v) is 2.36. The highest BCUT2D eigenvalue weighted by atomic mass is 16.5. The normalized spacial score (nSPS) is 12.5. The Hall–Kier alpha value is -1.02. The average molecular weight is 207 g/mol. The first-order chi connectivity index (χ1) is 7.27. The fourth-order valence-corrected chi connectivity index (χ4v) is 1.52. The Morgan fingerprint density at radius 1 is 1.27 bits per heavy atom. The summed E-state index contributed by atoms with van der Waals surface area (Å²) in [4.78, 5) is 0. The standard InChI is InChI=1S/C13H21NO/c1-4-12-8-6-7-9-13(12)15-11(3)10-14-5-2/h6-9,11,14H,4-5,10H2,1-3H3. The van der Waals surface area contributed by atoms with Gasteiger partial charge in [-0.05, 0) is 31.5 Å². The third kappa shape index (κ3) is 3.92. The van der Waals surface area contributed by atoms with Gasteiger partial charge in [0.2, 0.25) is 0 Å². The second kappa shape index (κ2) is 6.46. The van der Waals surface area contributed by atoms with Gasteiger partial charge in [0.15, 0.2) is 0 Å². The lowest BCUT2D eigenvalue weighted by atomic mass is 10.1. The van der Waals surface area contributed by atoms with Crippen LogP contribution in [0.5, 0.6) is 5.75 Å². The number of benzene rings is 1. The van der Waals surface area contributed by atoms with Gasteiger partial charge >= 0.3 is 0 Å². The van der Waals surface area contributed by atoms with Crippen molar-refractivity contribution in [1.82, 2.24) is 5.32 Å². The SMILES string of the molecule is CCNCC(C)Oc1ccccc1CC. The van der Waals surface area contributed by atoms with E-state index in [1.807, 2.05) is 12.1 Å². The van der Waals surface area contributed by atoms with Crippen LogP contribution < -0.4 is 10.1 Å². The minimum absolute atomic E-state index is 0.220. The Labute approximate surface area is 92.6 Å². The molecule has 1 atom stereocenters. The predicted octanol–water partition coefficient (Wildman–Crippen LogP) is 2.63. The molecule has 0 aromatic heterocycles. The highest BCUT2D eigenvalue weighted by molar-refractivity contribution is 5.33. The minimum atomic E-state index is 0.220. The molecule has 1 unspecified atom stereocenters. The zero-order chi connectivity index (χ0) is 11.1. The molecule has 0 amide bonds. The molecule has 0 saturated heterocycles. The maximum atomic E-state index is 5.88. The van der Waals surface area contributed by atoms with Crippen molar-refractivity contribution in [3.05, 3.63) is 29.8 Å². The van der Waals surface area contributed by atoms with Gasteiger partial charge in [0.25, 0.3) is 0 Å². The zero-order valence-electron chi connectivity index (χ0n) is 9.92. The van der Waals surface area contributed by atoms with E-state index in [1.54, 1.807) is 0 Å². The van der Waals surface area contributed by atoms with E-state index in [4.69, 9.17) is 4.74 Å². The Bertz CT molecular complexity index is 286. The molecule has 0 radical (unpaired) electrons. The Morgan fingerprint density at radius 2 is 2.00 bits per heavy atom. The summed E-state index contributed by atoms with van der Waals surface area (Å²) < 4.78 is 5.88. The lowest BCUT2D eigenvalue weighted by molar-refractivity contribution is 0.216. The number of nitrogens with one attached hydrogen (secondary N) is 1. The van der Waals surface area contributed by atoms with E-state index in [9.17, 15) is 0 Å². The van der Waals surface area contributed by atoms with Crippen molar-refractivity contribution in [3.63, 3.8) is 0 Å². The van der Waals surface area contributed by atoms with E-state index in [0.717, 1.165) is 25.3 Å². The predicted molar refractivity (Wildman–Crippen MR) is 64.5 cm³/mol. The van der Waals surface area contributed by atoms with Gasteiger partial charge in [-0.25, -0.2) is 0 Å². The molecular weight excluding hydrogens is 186 g/mol. The fraction of sp³-hybridized carbons (Fsp3) is 0.538. The highest BCUT2D eigenvalue weighted by Crippen LogP contribution is 2.19. The van der Waals surface area contributed by atoms with E-state index >= 15 is 0 Å². The van der Waals surface area contributed by atoms with E-state index in [0.29, 0.717) is 0 Å². The van der Waals surface area contributed by atoms with Crippen LogP contribution >= 0.6 is 0 Å². The number of hydrogen-bond acceptors (Lipinski definition) is 2. The molecule has 1 aromatic rings. The van der Waals surface area contributed by atoms with Crippen LogP contribution in [0.25, 0.3) is 0 Å². The summed E-state index contributed by atoms with van der Waals surface area (Å²) in [6, 6.07) is 8.24. The molecule has 1 N–H and O–H groups in total. The molecular formula is C13H21NO. The van der Waals surface area contributed by atoms with Crippen LogP contribution in [0.1, 0.15) is 26.3 Å². The molecule has 1 rings (SSSR count). The van der Waals surface area contributed by atoms with Crippen molar-refractivity contribution in [2.75, 3.05) is 13.1 Å². The van der Waals surface area contributed by atoms with Gasteiger partial charge in [-0.3, -0.25) is 0 Å². The van der Waals surface area contributed by atoms with Crippen LogP contribution in [0.2, 0.25) is 0 Å². The molecule has 15 heavy (non-hydrogen) atoms. The van der Waals surface area contributed by atoms with Crippen LogP contribution in [0.15, 0.2) is 24.3 Å². The summed E-state index contributed by atoms with van der Waals surface area (Å²) in [7, 11) is 0. The lowest BCUT2D eigenvalue weighted by Crippen LogP contribution is -2.28. The average Bonchev–Trinajstić information content (AvgIpc) is 2.27. The van der Waals surface area contributed by atoms with Gasteiger partial charge in [-0.2, -0.15) is 0 Å². The summed E-state index contributed by atoms with van der Waals surface area (Å²) in [6.07, 6.45) is 1.24. The highest BCUT2D eigenvalue weighted by Gasteiger charge is 2.05. The van der Waals surface area contributed by atoms with Crippen molar-refractivity contribution in [2.45, 2.75) is 33.3 Å². The molecule has 0 fully saturated rings. The van der Waals surface area contributed by atoms with Crippen molar-refractivity contribution >= 4 is 0 Å². The Kier molecular flexibility index (Phi) is 5.19. The van der Waals surface area contributed by atoms with Crippen LogP contribution in [0.4, 0.5) is 0 Å². The molecule has 0 aliphatic rings. The van der Waals surface area contributed by atoms with Crippen molar-refractivity contribution in [1.29, 1.82) is 0 Å². The topological polar surface area (TPSA) is 21.3 Å². The van der Waals surface area contributed by atoms with Crippen LogP contribution in [0, 0.1) is 0 Å². The molecule has 1 aromatic carbocycles. The minimum Gasteiger partial charge on any atom is -0.489 e. The maximum absolute atomic E-state index is 5.88. The van der Waals surface area contributed by atoms with E-state index in [2.05, 4.69) is 38.2 Å². The number of para-hydroxylation sites is 1. The van der Waals surface area contributed by atoms with Crippen molar-refractivity contribution in [3.8, 4) is 5.75 Å². The summed E-state index contributed by atoms with van der Waals surface area (Å²) in [5.74, 6) is 1.02. The van der Waals surface area contributed by atoms with Gasteiger partial charge in [0.1, 0.15) is 11.9 Å². The lowest BCUT2D eigenvalue weighted by Gasteiger charge is -2.17. The molecule has 0 heterocycles. The number of likely N-dealkylation sites (N-methyl/N-ethyl adjacent to an activating group) is 1. The van der Waals surface area contributed by atoms with Gasteiger partial charge in [0.05, 0.1) is 0 Å². The van der Waals surface area contributed by atoms with E-state index in [-0.39, 0.29) is 6.10 Å². The molecule has 0 spiro atoms. The first-order valence-electron chi connectivity index (χ1n) is 5.73. The van der Waals surface area contributed by atoms with Gasteiger partial charge < -0.3 is 10.1 Å². The fourth-order valence-electron chi connectivity index (χ4n) is 1.52. The number of aryl methyl sites for hydroxylation is 1. The second-order valence-corrected chi connectivity index (χ2v) is 3.70. The van der Waals surface area contributed by atoms with Gasteiger partial charge in [0, 0.05) is 6.54 Å². The third-order valence-electron chi connectivity index (χ3n) is 2.36. The first kappa shape index (κ1) is 12.1. The van der Waals surface area contributed by atoms with Crippen LogP contribution in [-0.4, -0.2) is 19.2 Å². The molecule has 84 valence electrons. The quantitative estimate of drug-likeness (QED) is 0.774. The second-order valence-electron chi connectivity index (χ2n) is 3.70. The van der Waals surface area contributed by atoms with E-state index in [1.165, 1.54) is 5.56 Å². The van der Waals surface area contributed by atoms with Crippen LogP contribution in [-0.2, 0) is 6.42 Å². The zero-order valence-corrected chi connectivity index (χ0v) is 9.92. The molecule has 2 nitrogen and oxygen atoms in total. The van der Waals surface area contributed by atoms with Gasteiger partial charge in [-0.1, -0.05) is 32.0 Å². The monoisotopic (exact) mass is 207 g/mol. The molecule has 0 aliphatic carbocycles. The summed E-state index contributed by atoms with van der Waals surface area (Å²) in [5.41, 5.74) is 1.28. The van der Waals surface area contributed by atoms with Crippen molar-refractivity contribution < 1.29 is 4.74 Å². The van der Waals surface area contributed by atoms with Gasteiger partial charge in [-0.15, -0.1) is 0 Å². The first-order valence-corrected chi connectivity index (χ1v) is 5.73. The molecule has 0 aliphatic heterocycles. The largest absolute Gasteiger partial charge is 0.489 e.